The van der Waals surface area contributed by atoms with Gasteiger partial charge in [-0.05, 0) is 36.3 Å². The highest BCUT2D eigenvalue weighted by Gasteiger charge is 2.37. The van der Waals surface area contributed by atoms with Crippen molar-refractivity contribution in [3.63, 3.8) is 0 Å². The van der Waals surface area contributed by atoms with Gasteiger partial charge >= 0.3 is 0 Å². The van der Waals surface area contributed by atoms with Gasteiger partial charge in [-0.15, -0.1) is 6.58 Å². The van der Waals surface area contributed by atoms with Crippen LogP contribution in [0.2, 0.25) is 0 Å². The van der Waals surface area contributed by atoms with Gasteiger partial charge in [0.25, 0.3) is 0 Å². The molecular weight excluding hydrogens is 222 g/mol. The van der Waals surface area contributed by atoms with E-state index in [4.69, 9.17) is 10.5 Å². The zero-order chi connectivity index (χ0) is 12.5. The Morgan fingerprint density at radius 3 is 3.11 bits per heavy atom. The Morgan fingerprint density at radius 1 is 1.39 bits per heavy atom. The summed E-state index contributed by atoms with van der Waals surface area (Å²) < 4.78 is 6.04. The van der Waals surface area contributed by atoms with Crippen molar-refractivity contribution >= 4 is 0 Å². The summed E-state index contributed by atoms with van der Waals surface area (Å²) in [4.78, 5) is 0. The van der Waals surface area contributed by atoms with E-state index in [-0.39, 0.29) is 12.1 Å². The molecule has 2 aliphatic carbocycles. The average molecular weight is 243 g/mol. The first-order valence-electron chi connectivity index (χ1n) is 6.86. The predicted octanol–water partition coefficient (Wildman–Crippen LogP) is 2.74. The monoisotopic (exact) mass is 243 g/mol. The van der Waals surface area contributed by atoms with Gasteiger partial charge in [0.15, 0.2) is 0 Å². The van der Waals surface area contributed by atoms with Crippen LogP contribution in [0, 0.1) is 11.8 Å². The molecule has 0 spiro atoms. The van der Waals surface area contributed by atoms with E-state index < -0.39 is 0 Å². The summed E-state index contributed by atoms with van der Waals surface area (Å²) in [5.74, 6) is 1.05. The maximum Gasteiger partial charge on any atom is 0.0809 e. The van der Waals surface area contributed by atoms with Gasteiger partial charge in [-0.25, -0.2) is 0 Å². The van der Waals surface area contributed by atoms with Crippen LogP contribution < -0.4 is 5.73 Å². The second kappa shape index (κ2) is 4.87. The molecule has 96 valence electrons. The Kier molecular flexibility index (Phi) is 3.23. The van der Waals surface area contributed by atoms with Crippen LogP contribution in [0.25, 0.3) is 0 Å². The molecule has 1 fully saturated rings. The van der Waals surface area contributed by atoms with Gasteiger partial charge in [0.2, 0.25) is 0 Å². The van der Waals surface area contributed by atoms with Crippen molar-refractivity contribution in [2.45, 2.75) is 31.4 Å². The minimum Gasteiger partial charge on any atom is -0.373 e. The van der Waals surface area contributed by atoms with Gasteiger partial charge in [0, 0.05) is 12.0 Å². The standard InChI is InChI=1S/C16H21NO/c1-2-5-11-8-14(17)16-13-7-4-3-6-12(13)10-18-15(16)9-11/h2-4,6-7,11-12,14-15H,1,5,8-10,17H2. The van der Waals surface area contributed by atoms with Crippen LogP contribution in [-0.2, 0) is 4.74 Å². The molecule has 18 heavy (non-hydrogen) atoms. The van der Waals surface area contributed by atoms with Gasteiger partial charge < -0.3 is 10.5 Å². The summed E-state index contributed by atoms with van der Waals surface area (Å²) >= 11 is 0. The zero-order valence-electron chi connectivity index (χ0n) is 10.7. The summed E-state index contributed by atoms with van der Waals surface area (Å²) in [7, 11) is 0. The second-order valence-corrected chi connectivity index (χ2v) is 5.55. The topological polar surface area (TPSA) is 35.2 Å². The van der Waals surface area contributed by atoms with Gasteiger partial charge in [-0.1, -0.05) is 30.4 Å². The van der Waals surface area contributed by atoms with Crippen molar-refractivity contribution in [1.82, 2.24) is 0 Å². The molecule has 0 amide bonds. The van der Waals surface area contributed by atoms with Gasteiger partial charge in [-0.2, -0.15) is 0 Å². The lowest BCUT2D eigenvalue weighted by Crippen LogP contribution is -2.44. The van der Waals surface area contributed by atoms with Crippen molar-refractivity contribution in [2.75, 3.05) is 6.61 Å². The molecule has 1 aliphatic heterocycles. The Labute approximate surface area is 109 Å². The fraction of sp³-hybridized carbons (Fsp3) is 0.500. The molecule has 0 bridgehead atoms. The summed E-state index contributed by atoms with van der Waals surface area (Å²) in [5.41, 5.74) is 9.16. The van der Waals surface area contributed by atoms with Crippen LogP contribution in [0.3, 0.4) is 0 Å². The summed E-state index contributed by atoms with van der Waals surface area (Å²) in [6.45, 7) is 4.64. The van der Waals surface area contributed by atoms with Crippen LogP contribution in [0.4, 0.5) is 0 Å². The van der Waals surface area contributed by atoms with Crippen molar-refractivity contribution in [1.29, 1.82) is 0 Å². The third kappa shape index (κ3) is 2.00. The lowest BCUT2D eigenvalue weighted by Gasteiger charge is -2.41. The van der Waals surface area contributed by atoms with E-state index in [1.54, 1.807) is 0 Å². The maximum atomic E-state index is 6.39. The Morgan fingerprint density at radius 2 is 2.28 bits per heavy atom. The van der Waals surface area contributed by atoms with Crippen molar-refractivity contribution in [3.05, 3.63) is 48.1 Å². The summed E-state index contributed by atoms with van der Waals surface area (Å²) in [5, 5.41) is 0. The molecule has 0 radical (unpaired) electrons. The van der Waals surface area contributed by atoms with E-state index in [0.29, 0.717) is 11.8 Å². The first kappa shape index (κ1) is 11.9. The van der Waals surface area contributed by atoms with Crippen molar-refractivity contribution < 1.29 is 4.74 Å². The molecular formula is C16H21NO. The van der Waals surface area contributed by atoms with Crippen LogP contribution in [0.5, 0.6) is 0 Å². The summed E-state index contributed by atoms with van der Waals surface area (Å²) in [6, 6.07) is 0.155. The van der Waals surface area contributed by atoms with Crippen LogP contribution in [0.1, 0.15) is 19.3 Å². The Bertz CT molecular complexity index is 432. The number of allylic oxidation sites excluding steroid dienone is 4. The highest BCUT2D eigenvalue weighted by Crippen LogP contribution is 2.40. The second-order valence-electron chi connectivity index (χ2n) is 5.55. The molecule has 0 aromatic rings. The van der Waals surface area contributed by atoms with E-state index in [0.717, 1.165) is 25.9 Å². The highest BCUT2D eigenvalue weighted by molar-refractivity contribution is 5.42. The minimum absolute atomic E-state index is 0.155. The average Bonchev–Trinajstić information content (AvgIpc) is 2.38. The lowest BCUT2D eigenvalue weighted by molar-refractivity contribution is 0.0203. The number of ether oxygens (including phenoxy) is 1. The van der Waals surface area contributed by atoms with E-state index in [1.807, 2.05) is 6.08 Å². The van der Waals surface area contributed by atoms with E-state index in [1.165, 1.54) is 11.1 Å². The molecule has 0 aromatic heterocycles. The van der Waals surface area contributed by atoms with E-state index in [9.17, 15) is 0 Å². The molecule has 4 unspecified atom stereocenters. The quantitative estimate of drug-likeness (QED) is 0.757. The molecule has 2 nitrogen and oxygen atoms in total. The normalized spacial score (nSPS) is 38.3. The molecule has 4 atom stereocenters. The molecule has 3 aliphatic rings. The Hall–Kier alpha value is -1.12. The predicted molar refractivity (Wildman–Crippen MR) is 74.0 cm³/mol. The van der Waals surface area contributed by atoms with E-state index >= 15 is 0 Å². The molecule has 1 saturated carbocycles. The van der Waals surface area contributed by atoms with Crippen LogP contribution in [0.15, 0.2) is 48.1 Å². The summed E-state index contributed by atoms with van der Waals surface area (Å²) in [6.07, 6.45) is 14.1. The zero-order valence-corrected chi connectivity index (χ0v) is 10.7. The number of hydrogen-bond acceptors (Lipinski definition) is 2. The van der Waals surface area contributed by atoms with Gasteiger partial charge in [-0.3, -0.25) is 0 Å². The van der Waals surface area contributed by atoms with E-state index in [2.05, 4.69) is 30.9 Å². The minimum atomic E-state index is 0.155. The fourth-order valence-electron chi connectivity index (χ4n) is 3.50. The Balaban J connectivity index is 1.90. The SMILES string of the molecule is C=CCC1CC(N)C2=C3C=CC=CC3COC2C1. The number of fused-ring (bicyclic) bond motifs is 2. The number of hydrogen-bond donors (Lipinski definition) is 1. The third-order valence-corrected chi connectivity index (χ3v) is 4.32. The maximum absolute atomic E-state index is 6.39. The molecule has 2 heteroatoms. The molecule has 1 heterocycles. The highest BCUT2D eigenvalue weighted by atomic mass is 16.5. The fourth-order valence-corrected chi connectivity index (χ4v) is 3.50. The molecule has 0 saturated heterocycles. The largest absolute Gasteiger partial charge is 0.373 e. The smallest absolute Gasteiger partial charge is 0.0809 e. The molecule has 2 N–H and O–H groups in total. The lowest BCUT2D eigenvalue weighted by atomic mass is 9.73. The number of rotatable bonds is 2. The van der Waals surface area contributed by atoms with Gasteiger partial charge in [0.05, 0.1) is 12.7 Å². The molecule has 0 aromatic carbocycles. The first-order valence-corrected chi connectivity index (χ1v) is 6.86. The van der Waals surface area contributed by atoms with Crippen LogP contribution in [-0.4, -0.2) is 18.8 Å². The first-order chi connectivity index (χ1) is 8.79. The third-order valence-electron chi connectivity index (χ3n) is 4.32. The van der Waals surface area contributed by atoms with Crippen molar-refractivity contribution in [2.24, 2.45) is 17.6 Å². The van der Waals surface area contributed by atoms with Crippen LogP contribution >= 0.6 is 0 Å². The molecule has 3 rings (SSSR count). The van der Waals surface area contributed by atoms with Gasteiger partial charge in [0.1, 0.15) is 0 Å². The van der Waals surface area contributed by atoms with Crippen molar-refractivity contribution in [3.8, 4) is 0 Å². The number of nitrogens with two attached hydrogens (primary N) is 1.